The van der Waals surface area contributed by atoms with Gasteiger partial charge in [0.2, 0.25) is 0 Å². The summed E-state index contributed by atoms with van der Waals surface area (Å²) < 4.78 is 9.08. The summed E-state index contributed by atoms with van der Waals surface area (Å²) in [7, 11) is 0. The van der Waals surface area contributed by atoms with Gasteiger partial charge < -0.3 is 9.26 Å². The Bertz CT molecular complexity index is 241. The average molecular weight is 141 g/mol. The van der Waals surface area contributed by atoms with Crippen LogP contribution in [0.3, 0.4) is 0 Å². The van der Waals surface area contributed by atoms with Crippen LogP contribution >= 0.6 is 0 Å². The molecule has 0 fully saturated rings. The molecule has 1 aromatic rings. The minimum Gasteiger partial charge on any atom is -0.393 e. The first-order valence-electron chi connectivity index (χ1n) is 2.79. The van der Waals surface area contributed by atoms with Crippen molar-refractivity contribution in [1.82, 2.24) is 5.16 Å². The molecule has 0 bridgehead atoms. The molecule has 4 heteroatoms. The number of carbonyl (C=O) groups is 1. The van der Waals surface area contributed by atoms with Crippen LogP contribution in [-0.2, 0) is 4.79 Å². The van der Waals surface area contributed by atoms with Crippen LogP contribution in [0.15, 0.2) is 4.52 Å². The molecule has 0 amide bonds. The largest absolute Gasteiger partial charge is 0.393 e. The molecule has 1 heterocycles. The number of aromatic nitrogens is 1. The Balaban J connectivity index is 2.93. The molecule has 0 aliphatic carbocycles. The SMILES string of the molecule is Cc1noc(OC=O)c1C. The summed E-state index contributed by atoms with van der Waals surface area (Å²) in [5.74, 6) is 0.174. The molecular formula is C6H7NO3. The molecular weight excluding hydrogens is 134 g/mol. The van der Waals surface area contributed by atoms with Crippen molar-refractivity contribution in [2.24, 2.45) is 0 Å². The van der Waals surface area contributed by atoms with Crippen LogP contribution in [0, 0.1) is 13.8 Å². The molecule has 0 aromatic carbocycles. The van der Waals surface area contributed by atoms with E-state index < -0.39 is 0 Å². The molecule has 0 saturated carbocycles. The summed E-state index contributed by atoms with van der Waals surface area (Å²) in [6.07, 6.45) is 0. The van der Waals surface area contributed by atoms with E-state index in [0.29, 0.717) is 6.47 Å². The maximum atomic E-state index is 9.83. The van der Waals surface area contributed by atoms with Crippen molar-refractivity contribution in [1.29, 1.82) is 0 Å². The first-order valence-corrected chi connectivity index (χ1v) is 2.79. The van der Waals surface area contributed by atoms with Crippen molar-refractivity contribution in [3.8, 4) is 5.95 Å². The lowest BCUT2D eigenvalue weighted by Gasteiger charge is -1.88. The maximum Gasteiger partial charge on any atom is 0.321 e. The van der Waals surface area contributed by atoms with Gasteiger partial charge in [-0.25, -0.2) is 0 Å². The molecule has 4 nitrogen and oxygen atoms in total. The molecule has 0 aliphatic rings. The van der Waals surface area contributed by atoms with E-state index in [1.165, 1.54) is 0 Å². The van der Waals surface area contributed by atoms with Crippen molar-refractivity contribution in [2.75, 3.05) is 0 Å². The maximum absolute atomic E-state index is 9.83. The highest BCUT2D eigenvalue weighted by molar-refractivity contribution is 5.44. The third-order valence-electron chi connectivity index (χ3n) is 1.27. The van der Waals surface area contributed by atoms with E-state index in [1.54, 1.807) is 13.8 Å². The van der Waals surface area contributed by atoms with Gasteiger partial charge in [-0.3, -0.25) is 4.79 Å². The second kappa shape index (κ2) is 2.51. The molecule has 0 spiro atoms. The third kappa shape index (κ3) is 1.00. The first kappa shape index (κ1) is 6.80. The zero-order valence-corrected chi connectivity index (χ0v) is 5.75. The standard InChI is InChI=1S/C6H7NO3/c1-4-5(2)7-10-6(4)9-3-8/h3H,1-2H3. The van der Waals surface area contributed by atoms with Crippen LogP contribution < -0.4 is 4.74 Å². The van der Waals surface area contributed by atoms with Crippen molar-refractivity contribution in [2.45, 2.75) is 13.8 Å². The summed E-state index contributed by atoms with van der Waals surface area (Å²) in [4.78, 5) is 9.83. The highest BCUT2D eigenvalue weighted by Gasteiger charge is 2.07. The predicted molar refractivity (Wildman–Crippen MR) is 32.7 cm³/mol. The third-order valence-corrected chi connectivity index (χ3v) is 1.27. The minimum atomic E-state index is 0.174. The van der Waals surface area contributed by atoms with E-state index in [9.17, 15) is 4.79 Å². The van der Waals surface area contributed by atoms with E-state index >= 15 is 0 Å². The summed E-state index contributed by atoms with van der Waals surface area (Å²) >= 11 is 0. The fourth-order valence-electron chi connectivity index (χ4n) is 0.548. The number of nitrogens with zero attached hydrogens (tertiary/aromatic N) is 1. The molecule has 0 saturated heterocycles. The minimum absolute atomic E-state index is 0.174. The van der Waals surface area contributed by atoms with Gasteiger partial charge in [0.15, 0.2) is 0 Å². The Kier molecular flexibility index (Phi) is 1.71. The Labute approximate surface area is 57.8 Å². The second-order valence-electron chi connectivity index (χ2n) is 1.89. The smallest absolute Gasteiger partial charge is 0.321 e. The quantitative estimate of drug-likeness (QED) is 0.572. The van der Waals surface area contributed by atoms with Crippen LogP contribution in [0.4, 0.5) is 0 Å². The van der Waals surface area contributed by atoms with Gasteiger partial charge in [0.25, 0.3) is 0 Å². The molecule has 1 aromatic heterocycles. The zero-order chi connectivity index (χ0) is 7.56. The number of carbonyl (C=O) groups excluding carboxylic acids is 1. The van der Waals surface area contributed by atoms with Gasteiger partial charge in [0.05, 0.1) is 11.3 Å². The summed E-state index contributed by atoms with van der Waals surface area (Å²) in [5.41, 5.74) is 1.49. The molecule has 0 aliphatic heterocycles. The number of hydrogen-bond donors (Lipinski definition) is 0. The zero-order valence-electron chi connectivity index (χ0n) is 5.75. The molecule has 1 rings (SSSR count). The van der Waals surface area contributed by atoms with Gasteiger partial charge in [-0.05, 0) is 13.8 Å². The Morgan fingerprint density at radius 1 is 1.60 bits per heavy atom. The van der Waals surface area contributed by atoms with E-state index in [2.05, 4.69) is 14.4 Å². The van der Waals surface area contributed by atoms with Gasteiger partial charge in [0, 0.05) is 0 Å². The molecule has 0 unspecified atom stereocenters. The molecule has 54 valence electrons. The van der Waals surface area contributed by atoms with Gasteiger partial charge in [-0.15, -0.1) is 0 Å². The first-order chi connectivity index (χ1) is 4.75. The van der Waals surface area contributed by atoms with Crippen LogP contribution in [0.2, 0.25) is 0 Å². The van der Waals surface area contributed by atoms with E-state index in [-0.39, 0.29) is 5.95 Å². The number of rotatable bonds is 2. The lowest BCUT2D eigenvalue weighted by Crippen LogP contribution is -1.87. The van der Waals surface area contributed by atoms with E-state index in [1.807, 2.05) is 0 Å². The van der Waals surface area contributed by atoms with Gasteiger partial charge in [0.1, 0.15) is 0 Å². The monoisotopic (exact) mass is 141 g/mol. The number of hydrogen-bond acceptors (Lipinski definition) is 4. The fraction of sp³-hybridized carbons (Fsp3) is 0.333. The Morgan fingerprint density at radius 3 is 2.70 bits per heavy atom. The van der Waals surface area contributed by atoms with Crippen molar-refractivity contribution < 1.29 is 14.1 Å². The van der Waals surface area contributed by atoms with E-state index in [4.69, 9.17) is 0 Å². The fourth-order valence-corrected chi connectivity index (χ4v) is 0.548. The van der Waals surface area contributed by atoms with Crippen LogP contribution in [-0.4, -0.2) is 11.6 Å². The topological polar surface area (TPSA) is 52.3 Å². The highest BCUT2D eigenvalue weighted by atomic mass is 16.6. The molecule has 0 N–H and O–H groups in total. The van der Waals surface area contributed by atoms with Crippen molar-refractivity contribution in [3.63, 3.8) is 0 Å². The summed E-state index contributed by atoms with van der Waals surface area (Å²) in [6.45, 7) is 3.86. The van der Waals surface area contributed by atoms with Crippen molar-refractivity contribution >= 4 is 6.47 Å². The normalized spacial score (nSPS) is 9.40. The summed E-state index contributed by atoms with van der Waals surface area (Å²) in [6, 6.07) is 0. The molecule has 0 atom stereocenters. The van der Waals surface area contributed by atoms with E-state index in [0.717, 1.165) is 11.3 Å². The lowest BCUT2D eigenvalue weighted by atomic mass is 10.3. The van der Waals surface area contributed by atoms with Crippen LogP contribution in [0.25, 0.3) is 0 Å². The predicted octanol–water partition coefficient (Wildman–Crippen LogP) is 0.827. The molecule has 0 radical (unpaired) electrons. The number of ether oxygens (including phenoxy) is 1. The Morgan fingerprint density at radius 2 is 2.30 bits per heavy atom. The Hall–Kier alpha value is -1.32. The summed E-state index contributed by atoms with van der Waals surface area (Å²) in [5, 5.41) is 3.58. The molecule has 10 heavy (non-hydrogen) atoms. The lowest BCUT2D eigenvalue weighted by molar-refractivity contribution is -0.122. The van der Waals surface area contributed by atoms with Gasteiger partial charge in [-0.1, -0.05) is 5.16 Å². The average Bonchev–Trinajstić information content (AvgIpc) is 2.20. The van der Waals surface area contributed by atoms with Crippen LogP contribution in [0.5, 0.6) is 5.95 Å². The van der Waals surface area contributed by atoms with Gasteiger partial charge >= 0.3 is 12.4 Å². The van der Waals surface area contributed by atoms with Gasteiger partial charge in [-0.2, -0.15) is 0 Å². The van der Waals surface area contributed by atoms with Crippen LogP contribution in [0.1, 0.15) is 11.3 Å². The van der Waals surface area contributed by atoms with Crippen molar-refractivity contribution in [3.05, 3.63) is 11.3 Å². The highest BCUT2D eigenvalue weighted by Crippen LogP contribution is 2.18. The second-order valence-corrected chi connectivity index (χ2v) is 1.89. The number of aryl methyl sites for hydroxylation is 1.